The van der Waals surface area contributed by atoms with Crippen molar-refractivity contribution in [2.45, 2.75) is 18.1 Å². The van der Waals surface area contributed by atoms with Crippen LogP contribution in [0.5, 0.6) is 5.75 Å². The molecule has 0 radical (unpaired) electrons. The van der Waals surface area contributed by atoms with Crippen molar-refractivity contribution in [1.29, 1.82) is 0 Å². The number of pyridine rings is 1. The second-order valence-corrected chi connectivity index (χ2v) is 6.41. The number of hydrogen-bond acceptors (Lipinski definition) is 3. The molecule has 4 nitrogen and oxygen atoms in total. The van der Waals surface area contributed by atoms with Crippen LogP contribution in [0.4, 0.5) is 8.78 Å². The molecule has 0 aliphatic heterocycles. The van der Waals surface area contributed by atoms with Gasteiger partial charge in [0, 0.05) is 28.9 Å². The van der Waals surface area contributed by atoms with Crippen LogP contribution >= 0.6 is 0 Å². The van der Waals surface area contributed by atoms with Gasteiger partial charge >= 0.3 is 6.61 Å². The molecule has 0 aliphatic rings. The predicted molar refractivity (Wildman–Crippen MR) is 83.8 cm³/mol. The van der Waals surface area contributed by atoms with E-state index in [0.717, 1.165) is 11.3 Å². The zero-order valence-corrected chi connectivity index (χ0v) is 12.9. The first kappa shape index (κ1) is 15.6. The van der Waals surface area contributed by atoms with Gasteiger partial charge in [0.2, 0.25) is 0 Å². The predicted octanol–water partition coefficient (Wildman–Crippen LogP) is 3.38. The average Bonchev–Trinajstić information content (AvgIpc) is 2.88. The van der Waals surface area contributed by atoms with Crippen LogP contribution < -0.4 is 4.74 Å². The Hall–Kier alpha value is -2.28. The van der Waals surface area contributed by atoms with Crippen molar-refractivity contribution in [1.82, 2.24) is 9.38 Å². The maximum Gasteiger partial charge on any atom is 0.387 e. The minimum absolute atomic E-state index is 0.0715. The van der Waals surface area contributed by atoms with Gasteiger partial charge in [-0.3, -0.25) is 4.21 Å². The van der Waals surface area contributed by atoms with Gasteiger partial charge in [0.15, 0.2) is 0 Å². The number of nitrogens with zero attached hydrogens (tertiary/aromatic N) is 2. The van der Waals surface area contributed by atoms with Crippen molar-refractivity contribution < 1.29 is 17.7 Å². The SMILES string of the molecule is O=[S@@](Cc1cccc(OC(F)F)c1)Cc1cn2ccccc2n1. The minimum atomic E-state index is -2.87. The zero-order valence-electron chi connectivity index (χ0n) is 12.1. The van der Waals surface area contributed by atoms with Crippen LogP contribution in [0.15, 0.2) is 54.9 Å². The molecule has 1 aromatic carbocycles. The summed E-state index contributed by atoms with van der Waals surface area (Å²) in [6.45, 7) is -2.87. The second kappa shape index (κ2) is 6.87. The Morgan fingerprint density at radius 1 is 1.17 bits per heavy atom. The lowest BCUT2D eigenvalue weighted by Gasteiger charge is -2.06. The molecular weight excluding hydrogens is 322 g/mol. The van der Waals surface area contributed by atoms with Gasteiger partial charge in [-0.05, 0) is 29.8 Å². The molecule has 0 aliphatic carbocycles. The summed E-state index contributed by atoms with van der Waals surface area (Å²) in [6.07, 6.45) is 3.71. The maximum atomic E-state index is 12.3. The quantitative estimate of drug-likeness (QED) is 0.693. The van der Waals surface area contributed by atoms with E-state index in [1.165, 1.54) is 12.1 Å². The third-order valence-electron chi connectivity index (χ3n) is 3.17. The Kier molecular flexibility index (Phi) is 4.66. The molecule has 0 fully saturated rings. The summed E-state index contributed by atoms with van der Waals surface area (Å²) in [5.74, 6) is 0.637. The normalized spacial score (nSPS) is 12.7. The molecule has 0 spiro atoms. The third kappa shape index (κ3) is 4.13. The number of alkyl halides is 2. The summed E-state index contributed by atoms with van der Waals surface area (Å²) in [5, 5.41) is 0. The molecule has 0 saturated carbocycles. The Morgan fingerprint density at radius 3 is 2.83 bits per heavy atom. The lowest BCUT2D eigenvalue weighted by Crippen LogP contribution is -2.03. The number of halogens is 2. The minimum Gasteiger partial charge on any atom is -0.435 e. The van der Waals surface area contributed by atoms with Crippen LogP contribution in [-0.2, 0) is 22.3 Å². The molecule has 1 atom stereocenters. The Bertz CT molecular complexity index is 803. The molecular formula is C16H14F2N2O2S. The second-order valence-electron chi connectivity index (χ2n) is 4.95. The fraction of sp³-hybridized carbons (Fsp3) is 0.188. The highest BCUT2D eigenvalue weighted by Gasteiger charge is 2.09. The number of aromatic nitrogens is 2. The van der Waals surface area contributed by atoms with Crippen molar-refractivity contribution in [2.75, 3.05) is 0 Å². The van der Waals surface area contributed by atoms with E-state index < -0.39 is 17.4 Å². The van der Waals surface area contributed by atoms with Gasteiger partial charge in [-0.15, -0.1) is 0 Å². The molecule has 0 saturated heterocycles. The lowest BCUT2D eigenvalue weighted by molar-refractivity contribution is -0.0498. The van der Waals surface area contributed by atoms with E-state index >= 15 is 0 Å². The average molecular weight is 336 g/mol. The van der Waals surface area contributed by atoms with Crippen molar-refractivity contribution in [3.63, 3.8) is 0 Å². The molecule has 0 bridgehead atoms. The van der Waals surface area contributed by atoms with Gasteiger partial charge in [0.05, 0.1) is 11.4 Å². The summed E-state index contributed by atoms with van der Waals surface area (Å²) in [4.78, 5) is 4.40. The van der Waals surface area contributed by atoms with Crippen LogP contribution in [0.25, 0.3) is 5.65 Å². The first-order valence-electron chi connectivity index (χ1n) is 6.91. The monoisotopic (exact) mass is 336 g/mol. The fourth-order valence-electron chi connectivity index (χ4n) is 2.27. The summed E-state index contributed by atoms with van der Waals surface area (Å²) in [5.41, 5.74) is 2.21. The Balaban J connectivity index is 1.67. The van der Waals surface area contributed by atoms with Gasteiger partial charge in [-0.25, -0.2) is 4.98 Å². The Morgan fingerprint density at radius 2 is 2.04 bits per heavy atom. The molecule has 3 rings (SSSR count). The summed E-state index contributed by atoms with van der Waals surface area (Å²) in [6, 6.07) is 11.9. The first-order valence-corrected chi connectivity index (χ1v) is 8.40. The molecule has 0 N–H and O–H groups in total. The van der Waals surface area contributed by atoms with Crippen LogP contribution in [0, 0.1) is 0 Å². The van der Waals surface area contributed by atoms with Crippen molar-refractivity contribution in [3.8, 4) is 5.75 Å². The summed E-state index contributed by atoms with van der Waals surface area (Å²) >= 11 is 0. The standard InChI is InChI=1S/C16H14F2N2O2S/c17-16(18)22-14-5-3-4-12(8-14)10-23(21)11-13-9-20-7-2-1-6-15(20)19-13/h1-9,16H,10-11H2/t23-/m0/s1. The molecule has 23 heavy (non-hydrogen) atoms. The van der Waals surface area contributed by atoms with Crippen molar-refractivity contribution in [2.24, 2.45) is 0 Å². The van der Waals surface area contributed by atoms with E-state index in [-0.39, 0.29) is 11.5 Å². The molecule has 0 unspecified atom stereocenters. The topological polar surface area (TPSA) is 43.6 Å². The van der Waals surface area contributed by atoms with Gasteiger partial charge < -0.3 is 9.14 Å². The van der Waals surface area contributed by atoms with E-state index in [2.05, 4.69) is 9.72 Å². The smallest absolute Gasteiger partial charge is 0.387 e. The molecule has 0 amide bonds. The molecule has 2 aromatic heterocycles. The summed E-state index contributed by atoms with van der Waals surface area (Å²) < 4.78 is 42.9. The van der Waals surface area contributed by atoms with Crippen molar-refractivity contribution in [3.05, 3.63) is 66.1 Å². The zero-order chi connectivity index (χ0) is 16.2. The molecule has 7 heteroatoms. The highest BCUT2D eigenvalue weighted by molar-refractivity contribution is 7.83. The summed E-state index contributed by atoms with van der Waals surface area (Å²) in [7, 11) is -1.19. The molecule has 2 heterocycles. The number of ether oxygens (including phenoxy) is 1. The van der Waals surface area contributed by atoms with E-state index in [1.54, 1.807) is 12.1 Å². The lowest BCUT2D eigenvalue weighted by atomic mass is 10.2. The van der Waals surface area contributed by atoms with Crippen LogP contribution in [0.1, 0.15) is 11.3 Å². The highest BCUT2D eigenvalue weighted by Crippen LogP contribution is 2.18. The van der Waals surface area contributed by atoms with Crippen LogP contribution in [0.2, 0.25) is 0 Å². The highest BCUT2D eigenvalue weighted by atomic mass is 32.2. The molecule has 3 aromatic rings. The Labute approximate surface area is 134 Å². The van der Waals surface area contributed by atoms with Gasteiger partial charge in [0.25, 0.3) is 0 Å². The van der Waals surface area contributed by atoms with Crippen LogP contribution in [-0.4, -0.2) is 20.2 Å². The van der Waals surface area contributed by atoms with Crippen LogP contribution in [0.3, 0.4) is 0 Å². The largest absolute Gasteiger partial charge is 0.435 e. The van der Waals surface area contributed by atoms with E-state index in [0.29, 0.717) is 11.3 Å². The van der Waals surface area contributed by atoms with Crippen molar-refractivity contribution >= 4 is 16.4 Å². The fourth-order valence-corrected chi connectivity index (χ4v) is 3.39. The molecule has 120 valence electrons. The number of benzene rings is 1. The number of fused-ring (bicyclic) bond motifs is 1. The number of imidazole rings is 1. The van der Waals surface area contributed by atoms with E-state index in [1.807, 2.05) is 35.0 Å². The van der Waals surface area contributed by atoms with Gasteiger partial charge in [-0.2, -0.15) is 8.78 Å². The van der Waals surface area contributed by atoms with Gasteiger partial charge in [0.1, 0.15) is 11.4 Å². The van der Waals surface area contributed by atoms with Gasteiger partial charge in [-0.1, -0.05) is 18.2 Å². The first-order chi connectivity index (χ1) is 11.1. The van der Waals surface area contributed by atoms with E-state index in [9.17, 15) is 13.0 Å². The number of hydrogen-bond donors (Lipinski definition) is 0. The third-order valence-corrected chi connectivity index (χ3v) is 4.45. The number of rotatable bonds is 6. The maximum absolute atomic E-state index is 12.3. The van der Waals surface area contributed by atoms with E-state index in [4.69, 9.17) is 0 Å².